The molecule has 42 heavy (non-hydrogen) atoms. The van der Waals surface area contributed by atoms with Crippen LogP contribution in [0.5, 0.6) is 0 Å². The highest BCUT2D eigenvalue weighted by molar-refractivity contribution is 6.30. The molecule has 0 aliphatic carbocycles. The van der Waals surface area contributed by atoms with Crippen molar-refractivity contribution < 1.29 is 38.1 Å². The van der Waals surface area contributed by atoms with Crippen molar-refractivity contribution in [2.75, 3.05) is 0 Å². The summed E-state index contributed by atoms with van der Waals surface area (Å²) in [5.41, 5.74) is 1.94. The summed E-state index contributed by atoms with van der Waals surface area (Å²) in [7, 11) is 0. The highest BCUT2D eigenvalue weighted by atomic mass is 35.5. The average Bonchev–Trinajstić information content (AvgIpc) is 3.54. The summed E-state index contributed by atoms with van der Waals surface area (Å²) >= 11 is 6.11. The van der Waals surface area contributed by atoms with Gasteiger partial charge in [0.15, 0.2) is 29.8 Å². The van der Waals surface area contributed by atoms with Crippen LogP contribution in [0, 0.1) is 0 Å². The molecule has 0 spiro atoms. The Morgan fingerprint density at radius 2 is 1.55 bits per heavy atom. The molecule has 6 bridgehead atoms. The molecule has 2 aliphatic rings. The first-order chi connectivity index (χ1) is 20.1. The van der Waals surface area contributed by atoms with Crippen LogP contribution < -0.4 is 0 Å². The molecular weight excluding hydrogens is 572 g/mol. The quantitative estimate of drug-likeness (QED) is 0.316. The van der Waals surface area contributed by atoms with E-state index in [2.05, 4.69) is 20.6 Å². The zero-order valence-corrected chi connectivity index (χ0v) is 23.9. The maximum absolute atomic E-state index is 13.9. The number of rotatable bonds is 4. The summed E-state index contributed by atoms with van der Waals surface area (Å²) in [5, 5.41) is 17.4. The molecule has 2 aromatic heterocycles. The van der Waals surface area contributed by atoms with Crippen molar-refractivity contribution in [2.45, 2.75) is 83.6 Å². The molecule has 1 aromatic carbocycles. The molecule has 1 fully saturated rings. The van der Waals surface area contributed by atoms with Crippen molar-refractivity contribution in [2.24, 2.45) is 0 Å². The van der Waals surface area contributed by atoms with Crippen LogP contribution in [0.4, 0.5) is 0 Å². The van der Waals surface area contributed by atoms with Crippen molar-refractivity contribution in [3.05, 3.63) is 46.9 Å². The van der Waals surface area contributed by atoms with Crippen molar-refractivity contribution in [3.8, 4) is 11.3 Å². The Kier molecular flexibility index (Phi) is 8.64. The number of esters is 3. The molecule has 0 saturated carbocycles. The molecular formula is C27H29ClN6O8. The number of hydrogen-bond donors (Lipinski definition) is 0. The predicted molar refractivity (Wildman–Crippen MR) is 143 cm³/mol. The molecule has 5 atom stereocenters. The number of carbonyl (C=O) groups is 4. The molecule has 1 saturated heterocycles. The minimum absolute atomic E-state index is 0.0464. The largest absolute Gasteiger partial charge is 0.456 e. The lowest BCUT2D eigenvalue weighted by Crippen LogP contribution is -2.62. The Balaban J connectivity index is 1.61. The van der Waals surface area contributed by atoms with E-state index in [-0.39, 0.29) is 18.7 Å². The Labute approximate surface area is 245 Å². The number of fused-ring (bicyclic) bond motifs is 6. The van der Waals surface area contributed by atoms with Crippen LogP contribution in [0.2, 0.25) is 5.02 Å². The molecule has 0 unspecified atom stereocenters. The van der Waals surface area contributed by atoms with Crippen LogP contribution >= 0.6 is 11.6 Å². The second-order valence-electron chi connectivity index (χ2n) is 10.1. The van der Waals surface area contributed by atoms with Crippen molar-refractivity contribution in [1.82, 2.24) is 30.0 Å². The summed E-state index contributed by atoms with van der Waals surface area (Å²) in [6.07, 6.45) is -3.22. The first kappa shape index (κ1) is 29.3. The normalized spacial score (nSPS) is 24.2. The second-order valence-corrected chi connectivity index (χ2v) is 10.6. The molecule has 0 amide bonds. The van der Waals surface area contributed by atoms with Crippen molar-refractivity contribution in [1.29, 1.82) is 0 Å². The Morgan fingerprint density at radius 3 is 2.21 bits per heavy atom. The molecule has 14 nitrogen and oxygen atoms in total. The Hall–Kier alpha value is -4.17. The van der Waals surface area contributed by atoms with Gasteiger partial charge in [-0.25, -0.2) is 9.36 Å². The van der Waals surface area contributed by atoms with Crippen LogP contribution in [0.1, 0.15) is 49.8 Å². The third kappa shape index (κ3) is 6.49. The standard InChI is InChI=1S/C27H29ClN6O8/c1-14(35)39-25-21-11-20(38)23-24(17-6-8-18(28)9-7-17)34(32-30-23)10-4-5-19-12-33(31-29-19)13-22(42-21)26(40-15(2)36)27(25)41-16(3)37/h6-9,12,21-22,25-27H,4-5,10-11,13H2,1-3H3/t21-,22+,25-,26+,27+/m0/s1. The van der Waals surface area contributed by atoms with Crippen LogP contribution in [-0.2, 0) is 52.8 Å². The first-order valence-electron chi connectivity index (χ1n) is 13.4. The van der Waals surface area contributed by atoms with E-state index < -0.39 is 54.2 Å². The van der Waals surface area contributed by atoms with Gasteiger partial charge in [-0.15, -0.1) is 10.2 Å². The molecule has 15 heteroatoms. The highest BCUT2D eigenvalue weighted by Gasteiger charge is 2.52. The van der Waals surface area contributed by atoms with E-state index in [9.17, 15) is 19.2 Å². The smallest absolute Gasteiger partial charge is 0.303 e. The lowest BCUT2D eigenvalue weighted by Gasteiger charge is -2.44. The number of nitrogens with zero attached hydrogens (tertiary/aromatic N) is 6. The van der Waals surface area contributed by atoms with Gasteiger partial charge in [-0.05, 0) is 25.0 Å². The Bertz CT molecular complexity index is 1490. The van der Waals surface area contributed by atoms with E-state index in [4.69, 9.17) is 30.5 Å². The van der Waals surface area contributed by atoms with Gasteiger partial charge in [0.05, 0.1) is 17.9 Å². The number of carbonyl (C=O) groups excluding carboxylic acids is 4. The fraction of sp³-hybridized carbons (Fsp3) is 0.481. The van der Waals surface area contributed by atoms with Gasteiger partial charge in [-0.2, -0.15) is 0 Å². The van der Waals surface area contributed by atoms with Gasteiger partial charge in [-0.1, -0.05) is 34.2 Å². The average molecular weight is 601 g/mol. The summed E-state index contributed by atoms with van der Waals surface area (Å²) in [5.74, 6) is -2.53. The molecule has 0 radical (unpaired) electrons. The van der Waals surface area contributed by atoms with E-state index >= 15 is 0 Å². The van der Waals surface area contributed by atoms with Crippen LogP contribution in [-0.4, -0.2) is 84.2 Å². The zero-order valence-electron chi connectivity index (χ0n) is 23.1. The fourth-order valence-corrected chi connectivity index (χ4v) is 5.39. The number of Topliss-reactive ketones (excluding diaryl/α,β-unsaturated/α-hetero) is 1. The fourth-order valence-electron chi connectivity index (χ4n) is 5.26. The minimum Gasteiger partial charge on any atom is -0.456 e. The van der Waals surface area contributed by atoms with Gasteiger partial charge in [0.2, 0.25) is 0 Å². The molecule has 4 heterocycles. The molecule has 222 valence electrons. The van der Waals surface area contributed by atoms with Crippen LogP contribution in [0.25, 0.3) is 11.3 Å². The maximum Gasteiger partial charge on any atom is 0.303 e. The number of benzene rings is 1. The number of aryl methyl sites for hydroxylation is 2. The van der Waals surface area contributed by atoms with E-state index in [1.54, 1.807) is 35.1 Å². The third-order valence-corrected chi connectivity index (χ3v) is 7.15. The molecule has 3 aromatic rings. The summed E-state index contributed by atoms with van der Waals surface area (Å²) in [6, 6.07) is 6.94. The predicted octanol–water partition coefficient (Wildman–Crippen LogP) is 1.97. The Morgan fingerprint density at radius 1 is 0.905 bits per heavy atom. The lowest BCUT2D eigenvalue weighted by molar-refractivity contribution is -0.248. The van der Waals surface area contributed by atoms with Gasteiger partial charge in [0.1, 0.15) is 12.2 Å². The van der Waals surface area contributed by atoms with E-state index in [1.165, 1.54) is 25.5 Å². The SMILES string of the molecule is CC(=O)O[C@@H]1[C@@H](OC(C)=O)[C@@H]2CC(=O)c3nnn(c3-c3ccc(Cl)cc3)CCCc3cn(nn3)C[C@@H](O2)[C@H]1OC(C)=O. The molecule has 5 rings (SSSR count). The van der Waals surface area contributed by atoms with Gasteiger partial charge in [0, 0.05) is 50.5 Å². The van der Waals surface area contributed by atoms with E-state index in [0.717, 1.165) is 0 Å². The third-order valence-electron chi connectivity index (χ3n) is 6.90. The molecule has 2 aliphatic heterocycles. The lowest BCUT2D eigenvalue weighted by atomic mass is 9.90. The summed E-state index contributed by atoms with van der Waals surface area (Å²) in [4.78, 5) is 50.4. The van der Waals surface area contributed by atoms with Crippen molar-refractivity contribution >= 4 is 35.3 Å². The second kappa shape index (κ2) is 12.4. The number of ketones is 1. The first-order valence-corrected chi connectivity index (χ1v) is 13.8. The monoisotopic (exact) mass is 600 g/mol. The minimum atomic E-state index is -1.29. The number of aromatic nitrogens is 6. The van der Waals surface area contributed by atoms with Crippen molar-refractivity contribution in [3.63, 3.8) is 0 Å². The molecule has 0 N–H and O–H groups in total. The van der Waals surface area contributed by atoms with Gasteiger partial charge >= 0.3 is 17.9 Å². The zero-order chi connectivity index (χ0) is 30.0. The topological polar surface area (TPSA) is 167 Å². The van der Waals surface area contributed by atoms with Crippen LogP contribution in [0.15, 0.2) is 30.5 Å². The summed E-state index contributed by atoms with van der Waals surface area (Å²) in [6.45, 7) is 4.03. The number of halogens is 1. The van der Waals surface area contributed by atoms with Gasteiger partial charge in [0.25, 0.3) is 0 Å². The van der Waals surface area contributed by atoms with E-state index in [1.807, 2.05) is 0 Å². The van der Waals surface area contributed by atoms with Gasteiger partial charge < -0.3 is 18.9 Å². The number of hydrogen-bond acceptors (Lipinski definition) is 12. The maximum atomic E-state index is 13.9. The van der Waals surface area contributed by atoms with E-state index in [0.29, 0.717) is 41.4 Å². The van der Waals surface area contributed by atoms with Crippen LogP contribution in [0.3, 0.4) is 0 Å². The highest BCUT2D eigenvalue weighted by Crippen LogP contribution is 2.33. The van der Waals surface area contributed by atoms with Gasteiger partial charge in [-0.3, -0.25) is 19.2 Å². The summed E-state index contributed by atoms with van der Waals surface area (Å²) < 4.78 is 26.2. The number of ether oxygens (including phenoxy) is 4.